The number of methoxy groups -OCH3 is 1. The molecular formula is C15H17NO3S. The number of carbonyl (C=O) groups excluding carboxylic acids is 2. The minimum absolute atomic E-state index is 0.203. The molecule has 4 nitrogen and oxygen atoms in total. The maximum Gasteiger partial charge on any atom is 0.267 e. The molecule has 0 aliphatic carbocycles. The van der Waals surface area contributed by atoms with Gasteiger partial charge in [-0.3, -0.25) is 14.5 Å². The lowest BCUT2D eigenvalue weighted by Gasteiger charge is -2.12. The Balaban J connectivity index is 2.60. The molecular weight excluding hydrogens is 274 g/mol. The Morgan fingerprint density at radius 2 is 1.85 bits per heavy atom. The summed E-state index contributed by atoms with van der Waals surface area (Å²) in [5.41, 5.74) is 1.14. The Morgan fingerprint density at radius 1 is 1.15 bits per heavy atom. The van der Waals surface area contributed by atoms with Crippen molar-refractivity contribution in [2.75, 3.05) is 19.4 Å². The zero-order valence-electron chi connectivity index (χ0n) is 11.8. The van der Waals surface area contributed by atoms with Crippen LogP contribution in [0.4, 0.5) is 0 Å². The molecule has 0 radical (unpaired) electrons. The molecule has 0 fully saturated rings. The Morgan fingerprint density at radius 3 is 2.45 bits per heavy atom. The van der Waals surface area contributed by atoms with Crippen LogP contribution in [0.2, 0.25) is 0 Å². The second kappa shape index (κ2) is 6.13. The number of ether oxygens (including phenoxy) is 1. The Bertz CT molecular complexity index is 580. The smallest absolute Gasteiger partial charge is 0.267 e. The predicted molar refractivity (Wildman–Crippen MR) is 80.4 cm³/mol. The third-order valence-corrected chi connectivity index (χ3v) is 4.06. The summed E-state index contributed by atoms with van der Waals surface area (Å²) in [5.74, 6) is 0.906. The number of imide groups is 1. The minimum Gasteiger partial charge on any atom is -0.496 e. The van der Waals surface area contributed by atoms with Crippen LogP contribution in [0.1, 0.15) is 19.4 Å². The third-order valence-electron chi connectivity index (χ3n) is 3.11. The zero-order chi connectivity index (χ0) is 14.7. The van der Waals surface area contributed by atoms with Crippen molar-refractivity contribution >= 4 is 29.1 Å². The van der Waals surface area contributed by atoms with Gasteiger partial charge in [0, 0.05) is 12.1 Å². The van der Waals surface area contributed by atoms with Gasteiger partial charge in [-0.15, -0.1) is 11.8 Å². The van der Waals surface area contributed by atoms with E-state index in [-0.39, 0.29) is 11.8 Å². The molecule has 106 valence electrons. The van der Waals surface area contributed by atoms with Crippen LogP contribution in [0.15, 0.2) is 29.2 Å². The molecule has 1 heterocycles. The van der Waals surface area contributed by atoms with Gasteiger partial charge in [-0.25, -0.2) is 0 Å². The van der Waals surface area contributed by atoms with E-state index < -0.39 is 0 Å². The van der Waals surface area contributed by atoms with Gasteiger partial charge in [-0.1, -0.05) is 25.1 Å². The van der Waals surface area contributed by atoms with Gasteiger partial charge in [-0.05, 0) is 18.7 Å². The number of rotatable bonds is 5. The molecule has 5 heteroatoms. The van der Waals surface area contributed by atoms with E-state index in [2.05, 4.69) is 0 Å². The third kappa shape index (κ3) is 2.33. The number of likely N-dealkylation sites (N-methyl/N-ethyl adjacent to an activating group) is 1. The van der Waals surface area contributed by atoms with Crippen LogP contribution in [0.5, 0.6) is 5.75 Å². The molecule has 0 bridgehead atoms. The maximum atomic E-state index is 12.5. The number of para-hydroxylation sites is 1. The molecule has 0 aromatic heterocycles. The SMILES string of the molecule is CCSC1=C(c2ccccc2OC)C(=O)N(CC)C1=O. The second-order valence-electron chi connectivity index (χ2n) is 4.19. The van der Waals surface area contributed by atoms with Crippen LogP contribution in [0.25, 0.3) is 5.57 Å². The first-order chi connectivity index (χ1) is 9.65. The molecule has 20 heavy (non-hydrogen) atoms. The first-order valence-electron chi connectivity index (χ1n) is 6.52. The molecule has 2 rings (SSSR count). The number of nitrogens with zero attached hydrogens (tertiary/aromatic N) is 1. The summed E-state index contributed by atoms with van der Waals surface area (Å²) in [4.78, 5) is 26.6. The lowest BCUT2D eigenvalue weighted by molar-refractivity contribution is -0.136. The van der Waals surface area contributed by atoms with Crippen LogP contribution >= 0.6 is 11.8 Å². The lowest BCUT2D eigenvalue weighted by Crippen LogP contribution is -2.31. The average molecular weight is 291 g/mol. The zero-order valence-corrected chi connectivity index (χ0v) is 12.6. The van der Waals surface area contributed by atoms with Gasteiger partial charge in [0.15, 0.2) is 0 Å². The van der Waals surface area contributed by atoms with Crippen molar-refractivity contribution in [2.45, 2.75) is 13.8 Å². The second-order valence-corrected chi connectivity index (χ2v) is 5.47. The molecule has 0 atom stereocenters. The topological polar surface area (TPSA) is 46.6 Å². The van der Waals surface area contributed by atoms with Crippen LogP contribution < -0.4 is 4.74 Å². The van der Waals surface area contributed by atoms with E-state index in [4.69, 9.17) is 4.74 Å². The highest BCUT2D eigenvalue weighted by Gasteiger charge is 2.38. The van der Waals surface area contributed by atoms with Gasteiger partial charge in [0.25, 0.3) is 11.8 Å². The summed E-state index contributed by atoms with van der Waals surface area (Å²) in [5, 5.41) is 0. The average Bonchev–Trinajstić information content (AvgIpc) is 2.70. The van der Waals surface area contributed by atoms with E-state index in [1.54, 1.807) is 20.1 Å². The largest absolute Gasteiger partial charge is 0.496 e. The van der Waals surface area contributed by atoms with E-state index in [1.807, 2.05) is 25.1 Å². The Kier molecular flexibility index (Phi) is 4.49. The summed E-state index contributed by atoms with van der Waals surface area (Å²) in [6.45, 7) is 4.14. The normalized spacial score (nSPS) is 15.2. The van der Waals surface area contributed by atoms with Gasteiger partial charge in [0.2, 0.25) is 0 Å². The first kappa shape index (κ1) is 14.7. The van der Waals surface area contributed by atoms with Crippen molar-refractivity contribution in [3.05, 3.63) is 34.7 Å². The van der Waals surface area contributed by atoms with Crippen LogP contribution in [0.3, 0.4) is 0 Å². The fourth-order valence-corrected chi connectivity index (χ4v) is 3.07. The van der Waals surface area contributed by atoms with Crippen LogP contribution in [-0.2, 0) is 9.59 Å². The van der Waals surface area contributed by atoms with Crippen molar-refractivity contribution in [2.24, 2.45) is 0 Å². The minimum atomic E-state index is -0.238. The van der Waals surface area contributed by atoms with Crippen molar-refractivity contribution in [1.29, 1.82) is 0 Å². The summed E-state index contributed by atoms with van der Waals surface area (Å²) in [6.07, 6.45) is 0. The van der Waals surface area contributed by atoms with Gasteiger partial charge in [0.1, 0.15) is 5.75 Å². The molecule has 1 aromatic rings. The van der Waals surface area contributed by atoms with Crippen molar-refractivity contribution in [3.63, 3.8) is 0 Å². The molecule has 0 unspecified atom stereocenters. The number of hydrogen-bond acceptors (Lipinski definition) is 4. The van der Waals surface area contributed by atoms with Gasteiger partial charge < -0.3 is 4.74 Å². The summed E-state index contributed by atoms with van der Waals surface area (Å²) < 4.78 is 5.31. The fraction of sp³-hybridized carbons (Fsp3) is 0.333. The van der Waals surface area contributed by atoms with Crippen molar-refractivity contribution in [3.8, 4) is 5.75 Å². The lowest BCUT2D eigenvalue weighted by atomic mass is 10.1. The first-order valence-corrected chi connectivity index (χ1v) is 7.50. The molecule has 0 spiro atoms. The molecule has 2 amide bonds. The van der Waals surface area contributed by atoms with Gasteiger partial charge in [0.05, 0.1) is 17.6 Å². The number of benzene rings is 1. The van der Waals surface area contributed by atoms with E-state index in [1.165, 1.54) is 16.7 Å². The summed E-state index contributed by atoms with van der Waals surface area (Å²) >= 11 is 1.40. The number of thioether (sulfide) groups is 1. The van der Waals surface area contributed by atoms with E-state index in [0.29, 0.717) is 28.3 Å². The number of carbonyl (C=O) groups is 2. The number of amides is 2. The highest BCUT2D eigenvalue weighted by Crippen LogP contribution is 2.38. The predicted octanol–water partition coefficient (Wildman–Crippen LogP) is 2.55. The van der Waals surface area contributed by atoms with Crippen LogP contribution in [0, 0.1) is 0 Å². The van der Waals surface area contributed by atoms with Gasteiger partial charge in [-0.2, -0.15) is 0 Å². The summed E-state index contributed by atoms with van der Waals surface area (Å²) in [6, 6.07) is 7.29. The van der Waals surface area contributed by atoms with Crippen molar-refractivity contribution in [1.82, 2.24) is 4.90 Å². The standard InChI is InChI=1S/C15H17NO3S/c1-4-16-14(17)12(13(15(16)18)20-5-2)10-8-6-7-9-11(10)19-3/h6-9H,4-5H2,1-3H3. The van der Waals surface area contributed by atoms with E-state index in [9.17, 15) is 9.59 Å². The van der Waals surface area contributed by atoms with Crippen molar-refractivity contribution < 1.29 is 14.3 Å². The highest BCUT2D eigenvalue weighted by atomic mass is 32.2. The number of hydrogen-bond donors (Lipinski definition) is 0. The summed E-state index contributed by atoms with van der Waals surface area (Å²) in [7, 11) is 1.56. The molecule has 1 aliphatic heterocycles. The monoisotopic (exact) mass is 291 g/mol. The fourth-order valence-electron chi connectivity index (χ4n) is 2.21. The van der Waals surface area contributed by atoms with Gasteiger partial charge >= 0.3 is 0 Å². The van der Waals surface area contributed by atoms with E-state index in [0.717, 1.165) is 5.75 Å². The molecule has 0 saturated carbocycles. The quantitative estimate of drug-likeness (QED) is 0.782. The molecule has 0 N–H and O–H groups in total. The Hall–Kier alpha value is -1.75. The molecule has 1 aromatic carbocycles. The highest BCUT2D eigenvalue weighted by molar-refractivity contribution is 8.04. The van der Waals surface area contributed by atoms with E-state index >= 15 is 0 Å². The van der Waals surface area contributed by atoms with Crippen LogP contribution in [-0.4, -0.2) is 36.1 Å². The molecule has 1 aliphatic rings. The molecule has 0 saturated heterocycles. The maximum absolute atomic E-state index is 12.5. The Labute approximate surface area is 122 Å².